The maximum absolute atomic E-state index is 15.1. The molecule has 1 aliphatic heterocycles. The highest BCUT2D eigenvalue weighted by Gasteiger charge is 2.27. The lowest BCUT2D eigenvalue weighted by Crippen LogP contribution is -2.35. The number of rotatable bonds is 6. The summed E-state index contributed by atoms with van der Waals surface area (Å²) in [4.78, 5) is 30.7. The number of piperidine rings is 1. The fourth-order valence-corrected chi connectivity index (χ4v) is 4.76. The average molecular weight is 492 g/mol. The third kappa shape index (κ3) is 4.10. The Balaban J connectivity index is 1.21. The molecule has 0 atom stereocenters. The first-order chi connectivity index (χ1) is 17.5. The zero-order valence-corrected chi connectivity index (χ0v) is 19.2. The highest BCUT2D eigenvalue weighted by atomic mass is 19.1. The molecule has 0 radical (unpaired) electrons. The molecule has 1 saturated carbocycles. The topological polar surface area (TPSA) is 109 Å². The van der Waals surface area contributed by atoms with E-state index in [2.05, 4.69) is 30.2 Å². The van der Waals surface area contributed by atoms with E-state index in [1.54, 1.807) is 0 Å². The van der Waals surface area contributed by atoms with Gasteiger partial charge in [-0.1, -0.05) is 0 Å². The minimum Gasteiger partial charge on any atom is -0.478 e. The number of carboxylic acids is 1. The fourth-order valence-electron chi connectivity index (χ4n) is 4.76. The van der Waals surface area contributed by atoms with E-state index in [1.165, 1.54) is 43.1 Å². The second kappa shape index (κ2) is 8.81. The van der Waals surface area contributed by atoms with E-state index >= 15 is 4.39 Å². The number of fused-ring (bicyclic) bond motifs is 1. The first kappa shape index (κ1) is 22.3. The summed E-state index contributed by atoms with van der Waals surface area (Å²) in [5.74, 6) is -1.09. The van der Waals surface area contributed by atoms with Crippen molar-refractivity contribution in [2.24, 2.45) is 0 Å². The molecular weight excluding hydrogens is 468 g/mol. The van der Waals surface area contributed by atoms with Gasteiger partial charge in [-0.15, -0.1) is 0 Å². The van der Waals surface area contributed by atoms with Crippen LogP contribution in [0.2, 0.25) is 0 Å². The maximum Gasteiger partial charge on any atom is 0.335 e. The molecule has 1 saturated heterocycles. The predicted molar refractivity (Wildman–Crippen MR) is 129 cm³/mol. The summed E-state index contributed by atoms with van der Waals surface area (Å²) >= 11 is 0. The molecule has 1 aliphatic carbocycles. The highest BCUT2D eigenvalue weighted by Crippen LogP contribution is 2.39. The van der Waals surface area contributed by atoms with Gasteiger partial charge in [0.2, 0.25) is 5.95 Å². The predicted octanol–water partition coefficient (Wildman–Crippen LogP) is 4.66. The van der Waals surface area contributed by atoms with Crippen LogP contribution in [-0.4, -0.2) is 48.7 Å². The molecular formula is C25H23F2N7O2. The van der Waals surface area contributed by atoms with Crippen LogP contribution in [0.4, 0.5) is 26.2 Å². The second-order valence-corrected chi connectivity index (χ2v) is 9.24. The zero-order chi connectivity index (χ0) is 24.8. The van der Waals surface area contributed by atoms with Crippen molar-refractivity contribution >= 4 is 34.5 Å². The monoisotopic (exact) mass is 491 g/mol. The first-order valence-corrected chi connectivity index (χ1v) is 11.9. The number of nitrogens with one attached hydrogen (secondary N) is 1. The number of carboxylic acid groups (broad SMARTS) is 1. The molecule has 1 aromatic carbocycles. The van der Waals surface area contributed by atoms with Crippen molar-refractivity contribution in [2.45, 2.75) is 37.6 Å². The summed E-state index contributed by atoms with van der Waals surface area (Å²) in [6.07, 6.45) is 10.5. The van der Waals surface area contributed by atoms with Gasteiger partial charge in [-0.2, -0.15) is 0 Å². The first-order valence-electron chi connectivity index (χ1n) is 11.9. The molecule has 184 valence electrons. The van der Waals surface area contributed by atoms with Crippen LogP contribution in [0.25, 0.3) is 11.0 Å². The van der Waals surface area contributed by atoms with Crippen molar-refractivity contribution in [2.75, 3.05) is 23.3 Å². The second-order valence-electron chi connectivity index (χ2n) is 9.24. The molecule has 11 heteroatoms. The summed E-state index contributed by atoms with van der Waals surface area (Å²) in [5.41, 5.74) is 1.42. The van der Waals surface area contributed by atoms with Gasteiger partial charge in [0.1, 0.15) is 23.6 Å². The van der Waals surface area contributed by atoms with E-state index in [9.17, 15) is 9.18 Å². The smallest absolute Gasteiger partial charge is 0.335 e. The SMILES string of the molecule is O=C(O)c1ccc(Nc2ncnc3c2c(F)cn3C2CCN(c3ncc(C4CC4)cn3)CC2)c(F)c1. The molecule has 6 rings (SSSR count). The van der Waals surface area contributed by atoms with E-state index < -0.39 is 17.6 Å². The molecule has 2 fully saturated rings. The Kier molecular flexibility index (Phi) is 5.46. The molecule has 0 amide bonds. The molecule has 4 aromatic rings. The van der Waals surface area contributed by atoms with E-state index in [0.717, 1.165) is 32.0 Å². The number of hydrogen-bond acceptors (Lipinski definition) is 7. The number of aromatic carboxylic acids is 1. The largest absolute Gasteiger partial charge is 0.478 e. The molecule has 0 unspecified atom stereocenters. The van der Waals surface area contributed by atoms with Crippen LogP contribution in [0.15, 0.2) is 43.1 Å². The molecule has 36 heavy (non-hydrogen) atoms. The number of hydrogen-bond donors (Lipinski definition) is 2. The lowest BCUT2D eigenvalue weighted by Gasteiger charge is -2.32. The van der Waals surface area contributed by atoms with Crippen LogP contribution >= 0.6 is 0 Å². The van der Waals surface area contributed by atoms with Crippen molar-refractivity contribution in [3.8, 4) is 0 Å². The van der Waals surface area contributed by atoms with Crippen molar-refractivity contribution in [3.63, 3.8) is 0 Å². The Hall–Kier alpha value is -4.15. The number of nitrogens with zero attached hydrogens (tertiary/aromatic N) is 6. The van der Waals surface area contributed by atoms with Crippen molar-refractivity contribution in [3.05, 3.63) is 65.9 Å². The van der Waals surface area contributed by atoms with Crippen LogP contribution in [-0.2, 0) is 0 Å². The molecule has 3 aromatic heterocycles. The average Bonchev–Trinajstić information content (AvgIpc) is 3.69. The molecule has 2 N–H and O–H groups in total. The van der Waals surface area contributed by atoms with Gasteiger partial charge in [0.15, 0.2) is 5.82 Å². The molecule has 2 aliphatic rings. The lowest BCUT2D eigenvalue weighted by atomic mass is 10.1. The Labute approximate surface area is 204 Å². The third-order valence-corrected chi connectivity index (χ3v) is 6.88. The van der Waals surface area contributed by atoms with Crippen LogP contribution in [0.1, 0.15) is 53.6 Å². The minimum atomic E-state index is -1.24. The van der Waals surface area contributed by atoms with E-state index in [1.807, 2.05) is 17.0 Å². The van der Waals surface area contributed by atoms with Gasteiger partial charge in [0, 0.05) is 37.7 Å². The van der Waals surface area contributed by atoms with Crippen LogP contribution in [0, 0.1) is 11.6 Å². The Morgan fingerprint density at radius 1 is 1.00 bits per heavy atom. The summed E-state index contributed by atoms with van der Waals surface area (Å²) < 4.78 is 31.4. The third-order valence-electron chi connectivity index (χ3n) is 6.88. The number of carbonyl (C=O) groups is 1. The molecule has 9 nitrogen and oxygen atoms in total. The summed E-state index contributed by atoms with van der Waals surface area (Å²) in [6.45, 7) is 1.46. The van der Waals surface area contributed by atoms with Crippen LogP contribution in [0.3, 0.4) is 0 Å². The zero-order valence-electron chi connectivity index (χ0n) is 19.2. The summed E-state index contributed by atoms with van der Waals surface area (Å²) in [7, 11) is 0. The fraction of sp³-hybridized carbons (Fsp3) is 0.320. The number of aromatic nitrogens is 5. The van der Waals surface area contributed by atoms with E-state index in [0.29, 0.717) is 17.5 Å². The van der Waals surface area contributed by atoms with Crippen LogP contribution in [0.5, 0.6) is 0 Å². The highest BCUT2D eigenvalue weighted by molar-refractivity contribution is 5.91. The molecule has 4 heterocycles. The number of benzene rings is 1. The van der Waals surface area contributed by atoms with Crippen molar-refractivity contribution < 1.29 is 18.7 Å². The van der Waals surface area contributed by atoms with E-state index in [4.69, 9.17) is 5.11 Å². The summed E-state index contributed by atoms with van der Waals surface area (Å²) in [6, 6.07) is 3.48. The van der Waals surface area contributed by atoms with Crippen molar-refractivity contribution in [1.82, 2.24) is 24.5 Å². The molecule has 0 bridgehead atoms. The van der Waals surface area contributed by atoms with Gasteiger partial charge in [0.25, 0.3) is 0 Å². The van der Waals surface area contributed by atoms with Gasteiger partial charge >= 0.3 is 5.97 Å². The Morgan fingerprint density at radius 2 is 1.75 bits per heavy atom. The Morgan fingerprint density at radius 3 is 2.42 bits per heavy atom. The quantitative estimate of drug-likeness (QED) is 0.401. The van der Waals surface area contributed by atoms with Gasteiger partial charge in [-0.3, -0.25) is 0 Å². The summed E-state index contributed by atoms with van der Waals surface area (Å²) in [5, 5.41) is 12.0. The lowest BCUT2D eigenvalue weighted by molar-refractivity contribution is 0.0696. The standard InChI is InChI=1S/C25H23F2N7O2/c26-18-9-15(24(35)36)3-4-20(18)32-22-21-19(27)12-34(23(21)31-13-30-22)17-5-7-33(8-6-17)25-28-10-16(11-29-25)14-1-2-14/h3-4,9-14,17H,1-2,5-8H2,(H,35,36)(H,30,31,32). The van der Waals surface area contributed by atoms with Gasteiger partial charge in [0.05, 0.1) is 16.6 Å². The van der Waals surface area contributed by atoms with Gasteiger partial charge < -0.3 is 19.9 Å². The van der Waals surface area contributed by atoms with Crippen LogP contribution < -0.4 is 10.2 Å². The van der Waals surface area contributed by atoms with Crippen molar-refractivity contribution in [1.29, 1.82) is 0 Å². The van der Waals surface area contributed by atoms with E-state index in [-0.39, 0.29) is 28.5 Å². The normalized spacial score (nSPS) is 16.4. The van der Waals surface area contributed by atoms with Gasteiger partial charge in [-0.25, -0.2) is 33.5 Å². The van der Waals surface area contributed by atoms with Gasteiger partial charge in [-0.05, 0) is 55.4 Å². The number of halogens is 2. The minimum absolute atomic E-state index is 0.00633. The number of anilines is 3. The Bertz CT molecular complexity index is 1450. The maximum atomic E-state index is 15.1. The molecule has 0 spiro atoms.